The number of hydrogen-bond donors (Lipinski definition) is 2. The third kappa shape index (κ3) is 1.54. The standard InChI is InChI=1S/C12H21N3/c1-8-6-13-10(15-8)14-7-9-11(2,3)12(9,4)5/h6,9H,7H2,1-5H3,(H2,13,14,15). The first kappa shape index (κ1) is 10.5. The summed E-state index contributed by atoms with van der Waals surface area (Å²) in [7, 11) is 0. The highest BCUT2D eigenvalue weighted by Gasteiger charge is 2.64. The monoisotopic (exact) mass is 207 g/mol. The Kier molecular flexibility index (Phi) is 2.11. The van der Waals surface area contributed by atoms with Crippen LogP contribution in [0.25, 0.3) is 0 Å². The zero-order valence-corrected chi connectivity index (χ0v) is 10.3. The first-order chi connectivity index (χ1) is 6.85. The summed E-state index contributed by atoms with van der Waals surface area (Å²) < 4.78 is 0. The Labute approximate surface area is 91.7 Å². The van der Waals surface area contributed by atoms with Crippen molar-refractivity contribution in [2.75, 3.05) is 11.9 Å². The predicted octanol–water partition coefficient (Wildman–Crippen LogP) is 2.81. The lowest BCUT2D eigenvalue weighted by atomic mass is 10.0. The Hall–Kier alpha value is -0.990. The fourth-order valence-corrected chi connectivity index (χ4v) is 2.54. The molecule has 15 heavy (non-hydrogen) atoms. The van der Waals surface area contributed by atoms with E-state index in [0.29, 0.717) is 10.8 Å². The van der Waals surface area contributed by atoms with Crippen molar-refractivity contribution in [3.8, 4) is 0 Å². The number of nitrogens with zero attached hydrogens (tertiary/aromatic N) is 1. The maximum atomic E-state index is 4.24. The first-order valence-electron chi connectivity index (χ1n) is 5.61. The van der Waals surface area contributed by atoms with E-state index in [1.165, 1.54) is 0 Å². The van der Waals surface area contributed by atoms with E-state index in [1.54, 1.807) is 0 Å². The van der Waals surface area contributed by atoms with Crippen LogP contribution in [0.2, 0.25) is 0 Å². The van der Waals surface area contributed by atoms with E-state index >= 15 is 0 Å². The van der Waals surface area contributed by atoms with Crippen LogP contribution in [-0.4, -0.2) is 16.5 Å². The molecule has 0 aromatic carbocycles. The van der Waals surface area contributed by atoms with Crippen molar-refractivity contribution in [3.05, 3.63) is 11.9 Å². The SMILES string of the molecule is Cc1cnc(NCC2C(C)(C)C2(C)C)[nH]1. The van der Waals surface area contributed by atoms with Gasteiger partial charge in [0.1, 0.15) is 0 Å². The minimum atomic E-state index is 0.446. The maximum Gasteiger partial charge on any atom is 0.200 e. The number of nitrogens with one attached hydrogen (secondary N) is 2. The summed E-state index contributed by atoms with van der Waals surface area (Å²) in [4.78, 5) is 7.44. The Balaban J connectivity index is 1.91. The molecule has 1 aromatic rings. The average Bonchev–Trinajstić information content (AvgIpc) is 2.50. The Morgan fingerprint density at radius 1 is 1.33 bits per heavy atom. The molecule has 0 radical (unpaired) electrons. The number of aryl methyl sites for hydroxylation is 1. The maximum absolute atomic E-state index is 4.24. The van der Waals surface area contributed by atoms with Crippen LogP contribution in [0.1, 0.15) is 33.4 Å². The quantitative estimate of drug-likeness (QED) is 0.800. The van der Waals surface area contributed by atoms with Crippen LogP contribution < -0.4 is 5.32 Å². The molecule has 0 bridgehead atoms. The van der Waals surface area contributed by atoms with Crippen LogP contribution in [-0.2, 0) is 0 Å². The van der Waals surface area contributed by atoms with Gasteiger partial charge in [-0.05, 0) is 23.7 Å². The second-order valence-corrected chi connectivity index (χ2v) is 5.79. The third-order valence-electron chi connectivity index (χ3n) is 4.50. The minimum absolute atomic E-state index is 0.446. The highest BCUT2D eigenvalue weighted by molar-refractivity contribution is 5.28. The molecule has 1 saturated carbocycles. The molecule has 3 heteroatoms. The van der Waals surface area contributed by atoms with Gasteiger partial charge in [-0.15, -0.1) is 0 Å². The van der Waals surface area contributed by atoms with Gasteiger partial charge in [0.15, 0.2) is 5.95 Å². The zero-order chi connectivity index (χ0) is 11.3. The lowest BCUT2D eigenvalue weighted by molar-refractivity contribution is 0.457. The lowest BCUT2D eigenvalue weighted by Gasteiger charge is -2.04. The van der Waals surface area contributed by atoms with E-state index in [4.69, 9.17) is 0 Å². The van der Waals surface area contributed by atoms with Gasteiger partial charge in [-0.3, -0.25) is 0 Å². The Morgan fingerprint density at radius 2 is 1.93 bits per heavy atom. The number of rotatable bonds is 3. The highest BCUT2D eigenvalue weighted by atomic mass is 15.1. The fraction of sp³-hybridized carbons (Fsp3) is 0.750. The molecule has 1 aromatic heterocycles. The van der Waals surface area contributed by atoms with Gasteiger partial charge in [0.2, 0.25) is 0 Å². The van der Waals surface area contributed by atoms with E-state index in [2.05, 4.69) is 43.0 Å². The summed E-state index contributed by atoms with van der Waals surface area (Å²) in [6, 6.07) is 0. The van der Waals surface area contributed by atoms with Crippen molar-refractivity contribution in [1.82, 2.24) is 9.97 Å². The zero-order valence-electron chi connectivity index (χ0n) is 10.3. The van der Waals surface area contributed by atoms with Gasteiger partial charge in [0.05, 0.1) is 0 Å². The van der Waals surface area contributed by atoms with E-state index < -0.39 is 0 Å². The first-order valence-corrected chi connectivity index (χ1v) is 5.61. The molecular weight excluding hydrogens is 186 g/mol. The number of anilines is 1. The summed E-state index contributed by atoms with van der Waals surface area (Å²) in [5.41, 5.74) is 2.00. The smallest absolute Gasteiger partial charge is 0.200 e. The van der Waals surface area contributed by atoms with Gasteiger partial charge in [0.25, 0.3) is 0 Å². The minimum Gasteiger partial charge on any atom is -0.356 e. The number of imidazole rings is 1. The summed E-state index contributed by atoms with van der Waals surface area (Å²) in [6.45, 7) is 12.4. The van der Waals surface area contributed by atoms with Crippen LogP contribution in [0.15, 0.2) is 6.20 Å². The molecule has 1 aliphatic carbocycles. The van der Waals surface area contributed by atoms with E-state index in [9.17, 15) is 0 Å². The molecule has 2 rings (SSSR count). The number of hydrogen-bond acceptors (Lipinski definition) is 2. The van der Waals surface area contributed by atoms with Crippen LogP contribution >= 0.6 is 0 Å². The van der Waals surface area contributed by atoms with Crippen molar-refractivity contribution in [2.24, 2.45) is 16.7 Å². The number of aromatic nitrogens is 2. The average molecular weight is 207 g/mol. The Morgan fingerprint density at radius 3 is 2.33 bits per heavy atom. The molecule has 1 aliphatic rings. The molecule has 0 spiro atoms. The van der Waals surface area contributed by atoms with E-state index in [0.717, 1.165) is 24.1 Å². The van der Waals surface area contributed by atoms with Crippen LogP contribution in [0, 0.1) is 23.7 Å². The summed E-state index contributed by atoms with van der Waals surface area (Å²) in [5, 5.41) is 3.37. The summed E-state index contributed by atoms with van der Waals surface area (Å²) >= 11 is 0. The number of H-pyrrole nitrogens is 1. The molecule has 0 atom stereocenters. The van der Waals surface area contributed by atoms with Gasteiger partial charge in [-0.25, -0.2) is 4.98 Å². The van der Waals surface area contributed by atoms with Crippen LogP contribution in [0.5, 0.6) is 0 Å². The molecule has 1 fully saturated rings. The lowest BCUT2D eigenvalue weighted by Crippen LogP contribution is -2.09. The van der Waals surface area contributed by atoms with Crippen molar-refractivity contribution >= 4 is 5.95 Å². The van der Waals surface area contributed by atoms with Gasteiger partial charge in [-0.2, -0.15) is 0 Å². The molecule has 0 unspecified atom stereocenters. The van der Waals surface area contributed by atoms with Crippen LogP contribution in [0.3, 0.4) is 0 Å². The fourth-order valence-electron chi connectivity index (χ4n) is 2.54. The molecule has 2 N–H and O–H groups in total. The van der Waals surface area contributed by atoms with Crippen molar-refractivity contribution in [1.29, 1.82) is 0 Å². The summed E-state index contributed by atoms with van der Waals surface area (Å²) in [6.07, 6.45) is 1.85. The van der Waals surface area contributed by atoms with Crippen molar-refractivity contribution in [2.45, 2.75) is 34.6 Å². The van der Waals surface area contributed by atoms with Gasteiger partial charge in [-0.1, -0.05) is 27.7 Å². The topological polar surface area (TPSA) is 40.7 Å². The van der Waals surface area contributed by atoms with Crippen LogP contribution in [0.4, 0.5) is 5.95 Å². The van der Waals surface area contributed by atoms with E-state index in [1.807, 2.05) is 13.1 Å². The van der Waals surface area contributed by atoms with Gasteiger partial charge >= 0.3 is 0 Å². The highest BCUT2D eigenvalue weighted by Crippen LogP contribution is 2.68. The molecule has 0 amide bonds. The molecule has 84 valence electrons. The predicted molar refractivity (Wildman–Crippen MR) is 62.9 cm³/mol. The molecule has 0 saturated heterocycles. The van der Waals surface area contributed by atoms with E-state index in [-0.39, 0.29) is 0 Å². The normalized spacial score (nSPS) is 22.7. The second kappa shape index (κ2) is 3.00. The number of aromatic amines is 1. The largest absolute Gasteiger partial charge is 0.356 e. The molecule has 1 heterocycles. The third-order valence-corrected chi connectivity index (χ3v) is 4.50. The molecule has 0 aliphatic heterocycles. The van der Waals surface area contributed by atoms with Crippen molar-refractivity contribution in [3.63, 3.8) is 0 Å². The molecular formula is C12H21N3. The Bertz CT molecular complexity index is 349. The summed E-state index contributed by atoms with van der Waals surface area (Å²) in [5.74, 6) is 1.63. The van der Waals surface area contributed by atoms with Crippen molar-refractivity contribution < 1.29 is 0 Å². The van der Waals surface area contributed by atoms with Gasteiger partial charge in [0, 0.05) is 18.4 Å². The van der Waals surface area contributed by atoms with Gasteiger partial charge < -0.3 is 10.3 Å². The molecule has 3 nitrogen and oxygen atoms in total. The second-order valence-electron chi connectivity index (χ2n) is 5.79.